The third-order valence-electron chi connectivity index (χ3n) is 3.59. The molecular weight excluding hydrogens is 256 g/mol. The first kappa shape index (κ1) is 14.7. The molecule has 1 aliphatic rings. The summed E-state index contributed by atoms with van der Waals surface area (Å²) in [6.45, 7) is 6.26. The Morgan fingerprint density at radius 2 is 2.40 bits per heavy atom. The average Bonchev–Trinajstić information content (AvgIpc) is 2.44. The van der Waals surface area contributed by atoms with Crippen molar-refractivity contribution in [2.45, 2.75) is 26.2 Å². The fourth-order valence-corrected chi connectivity index (χ4v) is 2.56. The number of amides is 1. The van der Waals surface area contributed by atoms with Crippen molar-refractivity contribution in [3.05, 3.63) is 28.2 Å². The highest BCUT2D eigenvalue weighted by Gasteiger charge is 2.15. The van der Waals surface area contributed by atoms with Gasteiger partial charge in [0.15, 0.2) is 0 Å². The molecule has 0 bridgehead atoms. The number of hydrogen-bond donors (Lipinski definition) is 2. The van der Waals surface area contributed by atoms with Crippen LogP contribution in [-0.2, 0) is 0 Å². The lowest BCUT2D eigenvalue weighted by atomic mass is 10.0. The summed E-state index contributed by atoms with van der Waals surface area (Å²) in [7, 11) is 0. The molecule has 1 unspecified atom stereocenters. The van der Waals surface area contributed by atoms with Crippen LogP contribution in [0.4, 0.5) is 0 Å². The van der Waals surface area contributed by atoms with Crippen LogP contribution in [0, 0.1) is 5.92 Å². The average molecular weight is 278 g/mol. The molecule has 6 nitrogen and oxygen atoms in total. The van der Waals surface area contributed by atoms with Crippen molar-refractivity contribution >= 4 is 5.91 Å². The van der Waals surface area contributed by atoms with Crippen LogP contribution in [0.25, 0.3) is 0 Å². The minimum absolute atomic E-state index is 0.242. The van der Waals surface area contributed by atoms with Crippen LogP contribution in [0.3, 0.4) is 0 Å². The Hall–Kier alpha value is -1.69. The van der Waals surface area contributed by atoms with E-state index in [0.29, 0.717) is 6.54 Å². The number of aromatic nitrogens is 2. The number of likely N-dealkylation sites (tertiary alicyclic amines) is 1. The molecule has 0 radical (unpaired) electrons. The summed E-state index contributed by atoms with van der Waals surface area (Å²) in [5.41, 5.74) is -0.0584. The fourth-order valence-electron chi connectivity index (χ4n) is 2.56. The zero-order chi connectivity index (χ0) is 14.4. The molecule has 6 heteroatoms. The number of piperidine rings is 1. The van der Waals surface area contributed by atoms with E-state index in [1.807, 2.05) is 0 Å². The highest BCUT2D eigenvalue weighted by molar-refractivity contribution is 5.91. The van der Waals surface area contributed by atoms with Crippen LogP contribution in [0.1, 0.15) is 36.7 Å². The molecule has 0 aliphatic carbocycles. The largest absolute Gasteiger partial charge is 0.351 e. The zero-order valence-electron chi connectivity index (χ0n) is 11.9. The number of nitrogens with zero attached hydrogens (tertiary/aromatic N) is 2. The highest BCUT2D eigenvalue weighted by atomic mass is 16.2. The SMILES string of the molecule is CC1CCCN(CCCNC(=O)c2ccc(=O)[nH]n2)C1. The van der Waals surface area contributed by atoms with Crippen molar-refractivity contribution in [3.63, 3.8) is 0 Å². The molecule has 1 atom stereocenters. The smallest absolute Gasteiger partial charge is 0.271 e. The van der Waals surface area contributed by atoms with Crippen molar-refractivity contribution < 1.29 is 4.79 Å². The molecule has 2 N–H and O–H groups in total. The van der Waals surface area contributed by atoms with Gasteiger partial charge in [0.1, 0.15) is 5.69 Å². The molecular formula is C14H22N4O2. The first-order chi connectivity index (χ1) is 9.65. The van der Waals surface area contributed by atoms with E-state index in [1.165, 1.54) is 31.5 Å². The Morgan fingerprint density at radius 3 is 3.10 bits per heavy atom. The summed E-state index contributed by atoms with van der Waals surface area (Å²) in [5.74, 6) is 0.539. The van der Waals surface area contributed by atoms with Gasteiger partial charge in [-0.15, -0.1) is 0 Å². The predicted octanol–water partition coefficient (Wildman–Crippen LogP) is 0.622. The predicted molar refractivity (Wildman–Crippen MR) is 76.6 cm³/mol. The second-order valence-corrected chi connectivity index (χ2v) is 5.46. The molecule has 1 aromatic heterocycles. The number of rotatable bonds is 5. The number of carbonyl (C=O) groups is 1. The number of carbonyl (C=O) groups excluding carboxylic acids is 1. The normalized spacial score (nSPS) is 19.8. The van der Waals surface area contributed by atoms with Crippen LogP contribution >= 0.6 is 0 Å². The number of hydrogen-bond acceptors (Lipinski definition) is 4. The van der Waals surface area contributed by atoms with Gasteiger partial charge in [0.25, 0.3) is 11.5 Å². The maximum Gasteiger partial charge on any atom is 0.271 e. The maximum absolute atomic E-state index is 11.7. The summed E-state index contributed by atoms with van der Waals surface area (Å²) in [4.78, 5) is 25.1. The van der Waals surface area contributed by atoms with Gasteiger partial charge < -0.3 is 10.2 Å². The molecule has 0 saturated carbocycles. The van der Waals surface area contributed by atoms with Crippen LogP contribution in [0.15, 0.2) is 16.9 Å². The summed E-state index contributed by atoms with van der Waals surface area (Å²) in [6.07, 6.45) is 3.53. The van der Waals surface area contributed by atoms with E-state index in [9.17, 15) is 9.59 Å². The summed E-state index contributed by atoms with van der Waals surface area (Å²) in [5, 5.41) is 8.77. The van der Waals surface area contributed by atoms with Gasteiger partial charge in [0, 0.05) is 19.2 Å². The van der Waals surface area contributed by atoms with Crippen molar-refractivity contribution in [1.82, 2.24) is 20.4 Å². The van der Waals surface area contributed by atoms with Crippen LogP contribution < -0.4 is 10.9 Å². The first-order valence-corrected chi connectivity index (χ1v) is 7.21. The van der Waals surface area contributed by atoms with E-state index >= 15 is 0 Å². The van der Waals surface area contributed by atoms with E-state index < -0.39 is 0 Å². The van der Waals surface area contributed by atoms with Crippen molar-refractivity contribution in [1.29, 1.82) is 0 Å². The van der Waals surface area contributed by atoms with E-state index in [-0.39, 0.29) is 17.2 Å². The third-order valence-corrected chi connectivity index (χ3v) is 3.59. The second kappa shape index (κ2) is 7.19. The van der Waals surface area contributed by atoms with Crippen LogP contribution in [0.2, 0.25) is 0 Å². The molecule has 1 aliphatic heterocycles. The molecule has 20 heavy (non-hydrogen) atoms. The van der Waals surface area contributed by atoms with Crippen molar-refractivity contribution in [2.75, 3.05) is 26.2 Å². The Balaban J connectivity index is 1.66. The maximum atomic E-state index is 11.7. The van der Waals surface area contributed by atoms with E-state index in [4.69, 9.17) is 0 Å². The standard InChI is InChI=1S/C14H22N4O2/c1-11-4-2-8-18(10-11)9-3-7-15-14(20)12-5-6-13(19)17-16-12/h5-6,11H,2-4,7-10H2,1H3,(H,15,20)(H,17,19). The molecule has 0 spiro atoms. The summed E-state index contributed by atoms with van der Waals surface area (Å²) >= 11 is 0. The second-order valence-electron chi connectivity index (χ2n) is 5.46. The molecule has 1 saturated heterocycles. The first-order valence-electron chi connectivity index (χ1n) is 7.21. The van der Waals surface area contributed by atoms with Crippen LogP contribution in [-0.4, -0.2) is 47.2 Å². The lowest BCUT2D eigenvalue weighted by Gasteiger charge is -2.30. The van der Waals surface area contributed by atoms with Gasteiger partial charge >= 0.3 is 0 Å². The van der Waals surface area contributed by atoms with Crippen LogP contribution in [0.5, 0.6) is 0 Å². The van der Waals surface area contributed by atoms with Gasteiger partial charge in [0.05, 0.1) is 0 Å². The quantitative estimate of drug-likeness (QED) is 0.774. The Labute approximate surface area is 118 Å². The van der Waals surface area contributed by atoms with Crippen molar-refractivity contribution in [3.8, 4) is 0 Å². The Morgan fingerprint density at radius 1 is 1.55 bits per heavy atom. The molecule has 1 fully saturated rings. The number of aromatic amines is 1. The van der Waals surface area contributed by atoms with Gasteiger partial charge in [-0.25, -0.2) is 5.10 Å². The lowest BCUT2D eigenvalue weighted by Crippen LogP contribution is -2.36. The van der Waals surface area contributed by atoms with E-state index in [2.05, 4.69) is 27.3 Å². The van der Waals surface area contributed by atoms with Gasteiger partial charge in [-0.1, -0.05) is 6.92 Å². The molecule has 1 amide bonds. The molecule has 2 heterocycles. The van der Waals surface area contributed by atoms with Crippen molar-refractivity contribution in [2.24, 2.45) is 5.92 Å². The topological polar surface area (TPSA) is 78.1 Å². The van der Waals surface area contributed by atoms with Gasteiger partial charge in [0.2, 0.25) is 0 Å². The van der Waals surface area contributed by atoms with E-state index in [0.717, 1.165) is 25.4 Å². The number of H-pyrrole nitrogens is 1. The molecule has 110 valence electrons. The van der Waals surface area contributed by atoms with Gasteiger partial charge in [-0.3, -0.25) is 9.59 Å². The lowest BCUT2D eigenvalue weighted by molar-refractivity contribution is 0.0944. The number of nitrogens with one attached hydrogen (secondary N) is 2. The minimum atomic E-state index is -0.305. The minimum Gasteiger partial charge on any atom is -0.351 e. The summed E-state index contributed by atoms with van der Waals surface area (Å²) in [6, 6.07) is 2.73. The zero-order valence-corrected chi connectivity index (χ0v) is 11.9. The van der Waals surface area contributed by atoms with Gasteiger partial charge in [-0.2, -0.15) is 5.10 Å². The third kappa shape index (κ3) is 4.45. The monoisotopic (exact) mass is 278 g/mol. The molecule has 2 rings (SSSR count). The Bertz CT molecular complexity index is 480. The van der Waals surface area contributed by atoms with Gasteiger partial charge in [-0.05, 0) is 44.3 Å². The molecule has 0 aromatic carbocycles. The highest BCUT2D eigenvalue weighted by Crippen LogP contribution is 2.15. The van der Waals surface area contributed by atoms with E-state index in [1.54, 1.807) is 0 Å². The molecule has 1 aromatic rings. The fraction of sp³-hybridized carbons (Fsp3) is 0.643. The summed E-state index contributed by atoms with van der Waals surface area (Å²) < 4.78 is 0. The Kier molecular flexibility index (Phi) is 5.29.